The fourth-order valence-electron chi connectivity index (χ4n) is 4.19. The number of aromatic nitrogens is 1. The first-order chi connectivity index (χ1) is 16.1. The molecule has 6 nitrogen and oxygen atoms in total. The van der Waals surface area contributed by atoms with E-state index in [1.807, 2.05) is 37.3 Å². The third-order valence-electron chi connectivity index (χ3n) is 6.03. The molecule has 1 aromatic heterocycles. The second-order valence-corrected chi connectivity index (χ2v) is 9.42. The minimum Gasteiger partial charge on any atom is -0.507 e. The van der Waals surface area contributed by atoms with Crippen LogP contribution in [0.25, 0.3) is 5.76 Å². The largest absolute Gasteiger partial charge is 0.507 e. The molecular weight excluding hydrogens is 428 g/mol. The van der Waals surface area contributed by atoms with Gasteiger partial charge in [0, 0.05) is 11.9 Å². The predicted molar refractivity (Wildman–Crippen MR) is 132 cm³/mol. The summed E-state index contributed by atoms with van der Waals surface area (Å²) >= 11 is 0. The molecular formula is C28H28N2O4. The number of Topliss-reactive ketones (excluding diaryl/α,β-unsaturated/α-hetero) is 1. The van der Waals surface area contributed by atoms with Gasteiger partial charge in [0.2, 0.25) is 0 Å². The van der Waals surface area contributed by atoms with Crippen molar-refractivity contribution in [1.82, 2.24) is 4.98 Å². The fraction of sp³-hybridized carbons (Fsp3) is 0.250. The SMILES string of the molecule is COc1ccc(C)cc1/C(O)=C1\C(=O)C(=O)N(c2ccc(C(C)(C)C)cc2)C1c1ccccn1. The molecule has 4 rings (SSSR count). The maximum atomic E-state index is 13.3. The fourth-order valence-corrected chi connectivity index (χ4v) is 4.19. The summed E-state index contributed by atoms with van der Waals surface area (Å²) in [5.41, 5.74) is 3.29. The van der Waals surface area contributed by atoms with Crippen molar-refractivity contribution in [1.29, 1.82) is 0 Å². The van der Waals surface area contributed by atoms with E-state index in [0.29, 0.717) is 22.7 Å². The van der Waals surface area contributed by atoms with Gasteiger partial charge >= 0.3 is 0 Å². The zero-order valence-corrected chi connectivity index (χ0v) is 20.0. The maximum absolute atomic E-state index is 13.3. The molecule has 1 unspecified atom stereocenters. The van der Waals surface area contributed by atoms with Crippen molar-refractivity contribution in [2.24, 2.45) is 0 Å². The van der Waals surface area contributed by atoms with Crippen LogP contribution in [0.3, 0.4) is 0 Å². The number of rotatable bonds is 4. The van der Waals surface area contributed by atoms with Crippen LogP contribution >= 0.6 is 0 Å². The van der Waals surface area contributed by atoms with E-state index in [4.69, 9.17) is 4.74 Å². The number of carbonyl (C=O) groups is 2. The van der Waals surface area contributed by atoms with Crippen molar-refractivity contribution in [2.75, 3.05) is 12.0 Å². The molecule has 6 heteroatoms. The number of carbonyl (C=O) groups excluding carboxylic acids is 2. The van der Waals surface area contributed by atoms with Crippen molar-refractivity contribution >= 4 is 23.1 Å². The number of ketones is 1. The maximum Gasteiger partial charge on any atom is 0.300 e. The lowest BCUT2D eigenvalue weighted by atomic mass is 9.87. The number of amides is 1. The van der Waals surface area contributed by atoms with Crippen molar-refractivity contribution in [3.8, 4) is 5.75 Å². The molecule has 1 fully saturated rings. The Bertz CT molecular complexity index is 1270. The van der Waals surface area contributed by atoms with Crippen LogP contribution in [0.4, 0.5) is 5.69 Å². The minimum atomic E-state index is -0.882. The average Bonchev–Trinajstić information content (AvgIpc) is 3.09. The predicted octanol–water partition coefficient (Wildman–Crippen LogP) is 5.32. The molecule has 1 N–H and O–H groups in total. The van der Waals surface area contributed by atoms with E-state index >= 15 is 0 Å². The molecule has 0 spiro atoms. The van der Waals surface area contributed by atoms with Crippen molar-refractivity contribution in [2.45, 2.75) is 39.2 Å². The highest BCUT2D eigenvalue weighted by atomic mass is 16.5. The normalized spacial score (nSPS) is 17.8. The number of aryl methyl sites for hydroxylation is 1. The minimum absolute atomic E-state index is 0.0208. The first kappa shape index (κ1) is 23.2. The van der Waals surface area contributed by atoms with E-state index in [-0.39, 0.29) is 16.7 Å². The lowest BCUT2D eigenvalue weighted by Gasteiger charge is -2.26. The first-order valence-corrected chi connectivity index (χ1v) is 11.1. The van der Waals surface area contributed by atoms with Crippen LogP contribution in [0.2, 0.25) is 0 Å². The average molecular weight is 457 g/mol. The Hall–Kier alpha value is -3.93. The number of methoxy groups -OCH3 is 1. The second-order valence-electron chi connectivity index (χ2n) is 9.42. The van der Waals surface area contributed by atoms with Crippen LogP contribution in [-0.2, 0) is 15.0 Å². The zero-order valence-electron chi connectivity index (χ0n) is 20.0. The van der Waals surface area contributed by atoms with Gasteiger partial charge in [0.25, 0.3) is 11.7 Å². The lowest BCUT2D eigenvalue weighted by molar-refractivity contribution is -0.132. The Morgan fingerprint density at radius 2 is 1.74 bits per heavy atom. The molecule has 0 aliphatic carbocycles. The molecule has 1 saturated heterocycles. The number of benzene rings is 2. The quantitative estimate of drug-likeness (QED) is 0.326. The molecule has 1 atom stereocenters. The van der Waals surface area contributed by atoms with E-state index in [1.165, 1.54) is 12.0 Å². The van der Waals surface area contributed by atoms with Crippen LogP contribution in [0.5, 0.6) is 5.75 Å². The van der Waals surface area contributed by atoms with Crippen LogP contribution in [0.1, 0.15) is 49.2 Å². The Balaban J connectivity index is 1.93. The highest BCUT2D eigenvalue weighted by molar-refractivity contribution is 6.51. The van der Waals surface area contributed by atoms with Crippen LogP contribution in [0, 0.1) is 6.92 Å². The summed E-state index contributed by atoms with van der Waals surface area (Å²) in [6.07, 6.45) is 1.60. The third-order valence-corrected chi connectivity index (χ3v) is 6.03. The Labute approximate surface area is 199 Å². The van der Waals surface area contributed by atoms with E-state index in [1.54, 1.807) is 36.5 Å². The van der Waals surface area contributed by atoms with Gasteiger partial charge in [0.1, 0.15) is 17.6 Å². The number of ether oxygens (including phenoxy) is 1. The number of aliphatic hydroxyl groups is 1. The number of pyridine rings is 1. The molecule has 3 aromatic rings. The number of aliphatic hydroxyl groups excluding tert-OH is 1. The van der Waals surface area contributed by atoms with E-state index in [0.717, 1.165) is 11.1 Å². The number of anilines is 1. The zero-order chi connectivity index (χ0) is 24.6. The summed E-state index contributed by atoms with van der Waals surface area (Å²) in [5.74, 6) is -1.36. The second kappa shape index (κ2) is 8.78. The Morgan fingerprint density at radius 3 is 2.32 bits per heavy atom. The summed E-state index contributed by atoms with van der Waals surface area (Å²) in [6, 6.07) is 17.3. The van der Waals surface area contributed by atoms with Crippen molar-refractivity contribution < 1.29 is 19.4 Å². The summed E-state index contributed by atoms with van der Waals surface area (Å²) in [7, 11) is 1.49. The highest BCUT2D eigenvalue weighted by Gasteiger charge is 2.47. The molecule has 0 saturated carbocycles. The van der Waals surface area contributed by atoms with Gasteiger partial charge in [0.15, 0.2) is 0 Å². The van der Waals surface area contributed by atoms with E-state index in [9.17, 15) is 14.7 Å². The van der Waals surface area contributed by atoms with Gasteiger partial charge in [0.05, 0.1) is 23.9 Å². The van der Waals surface area contributed by atoms with Crippen molar-refractivity contribution in [3.05, 3.63) is 94.8 Å². The molecule has 1 aliphatic heterocycles. The van der Waals surface area contributed by atoms with Crippen molar-refractivity contribution in [3.63, 3.8) is 0 Å². The molecule has 2 aromatic carbocycles. The van der Waals surface area contributed by atoms with Gasteiger partial charge in [-0.1, -0.05) is 50.6 Å². The molecule has 34 heavy (non-hydrogen) atoms. The molecule has 0 bridgehead atoms. The van der Waals surface area contributed by atoms with Crippen LogP contribution in [0.15, 0.2) is 72.4 Å². The Morgan fingerprint density at radius 1 is 1.03 bits per heavy atom. The molecule has 1 aliphatic rings. The van der Waals surface area contributed by atoms with Crippen LogP contribution < -0.4 is 9.64 Å². The highest BCUT2D eigenvalue weighted by Crippen LogP contribution is 2.43. The molecule has 1 amide bonds. The summed E-state index contributed by atoms with van der Waals surface area (Å²) in [6.45, 7) is 8.20. The summed E-state index contributed by atoms with van der Waals surface area (Å²) < 4.78 is 5.42. The van der Waals surface area contributed by atoms with Gasteiger partial charge in [-0.15, -0.1) is 0 Å². The lowest BCUT2D eigenvalue weighted by Crippen LogP contribution is -2.30. The summed E-state index contributed by atoms with van der Waals surface area (Å²) in [5, 5.41) is 11.4. The molecule has 2 heterocycles. The molecule has 0 radical (unpaired) electrons. The first-order valence-electron chi connectivity index (χ1n) is 11.1. The number of hydrogen-bond donors (Lipinski definition) is 1. The summed E-state index contributed by atoms with van der Waals surface area (Å²) in [4.78, 5) is 32.5. The topological polar surface area (TPSA) is 79.7 Å². The van der Waals surface area contributed by atoms with E-state index < -0.39 is 17.7 Å². The number of hydrogen-bond acceptors (Lipinski definition) is 5. The van der Waals surface area contributed by atoms with Crippen LogP contribution in [-0.4, -0.2) is 28.9 Å². The number of nitrogens with zero attached hydrogens (tertiary/aromatic N) is 2. The van der Waals surface area contributed by atoms with Gasteiger partial charge < -0.3 is 9.84 Å². The van der Waals surface area contributed by atoms with Gasteiger partial charge in [-0.25, -0.2) is 0 Å². The smallest absolute Gasteiger partial charge is 0.300 e. The monoisotopic (exact) mass is 456 g/mol. The van der Waals surface area contributed by atoms with Gasteiger partial charge in [-0.2, -0.15) is 0 Å². The standard InChI is InChI=1S/C28H28N2O4/c1-17-9-14-22(34-5)20(16-17)25(31)23-24(21-8-6-7-15-29-21)30(27(33)26(23)32)19-12-10-18(11-13-19)28(2,3)4/h6-16,24,31H,1-5H3/b25-23+. The van der Waals surface area contributed by atoms with E-state index in [2.05, 4.69) is 25.8 Å². The van der Waals surface area contributed by atoms with Gasteiger partial charge in [-0.3, -0.25) is 19.5 Å². The third kappa shape index (κ3) is 4.07. The van der Waals surface area contributed by atoms with Gasteiger partial charge in [-0.05, 0) is 54.3 Å². The Kier molecular flexibility index (Phi) is 6.00. The molecule has 174 valence electrons.